The second-order valence-corrected chi connectivity index (χ2v) is 54.5. The summed E-state index contributed by atoms with van der Waals surface area (Å²) < 4.78 is 21.2. The minimum atomic E-state index is -3.25. The topological polar surface area (TPSA) is 258 Å². The van der Waals surface area contributed by atoms with Gasteiger partial charge in [-0.3, -0.25) is 33.6 Å². The summed E-state index contributed by atoms with van der Waals surface area (Å²) in [4.78, 5) is 86.4. The maximum Gasteiger partial charge on any atom is 0.150 e. The van der Waals surface area contributed by atoms with Gasteiger partial charge in [0.2, 0.25) is 0 Å². The maximum atomic E-state index is 12.8. The second kappa shape index (κ2) is 37.8. The normalized spacial score (nSPS) is 51.3. The third-order valence-electron chi connectivity index (χ3n) is 45.6. The van der Waals surface area contributed by atoms with Crippen LogP contribution in [-0.2, 0) is 43.4 Å². The first-order chi connectivity index (χ1) is 60.7. The molecule has 1 unspecified atom stereocenters. The molecule has 0 aromatic carbocycles. The molecule has 129 heavy (non-hydrogen) atoms. The molecule has 20 saturated carbocycles. The number of ketones is 7. The van der Waals surface area contributed by atoms with E-state index >= 15 is 0 Å². The SMILES string of the molecule is C=CCC(=O)[C@H]1CC[C@H]2[C@@H]3CC[C@@H]4C[C@](C)(O)CC[C@@H]4[C@H]3CC[C@]12C.C=S(=O)(O)CC(=O)[C@H]1CC[C@H]2[C@@H]3CC[C@@H]4C[C@](C)(O)CC[C@@H]4[C@H]3CC[C@]12C.CC(=O)CC(=O)[C@H]1CC[C@H]2[C@@H]3CC[C@@H]4C[C@](C)(O)CC[C@@H]4[C@H]3CC[C@]12C.CC(=O)CC(=O)[C@H]1CC[C@H]2[C@@H]3CC[C@@H]4C[C@](C)(O)CC[C@@H]4[C@H]3CC[C@]12C.CCC(=O)[C@H]1CC[C@H]2[C@@H]3CC[C@@H]4C[C@@](O)(CC)CC[C@@H]4[C@H]3CC[C@]12C. The third kappa shape index (κ3) is 19.4. The molecular weight excluding hydrogens is 1630 g/mol. The number of fused-ring (bicyclic) bond motifs is 25. The van der Waals surface area contributed by atoms with E-state index in [-0.39, 0.29) is 98.4 Å². The molecule has 728 valence electrons. The summed E-state index contributed by atoms with van der Waals surface area (Å²) in [7, 11) is -3.25. The van der Waals surface area contributed by atoms with Gasteiger partial charge in [-0.2, -0.15) is 0 Å². The van der Waals surface area contributed by atoms with Crippen molar-refractivity contribution < 1.29 is 67.9 Å². The predicted molar refractivity (Wildman–Crippen MR) is 514 cm³/mol. The van der Waals surface area contributed by atoms with E-state index in [4.69, 9.17) is 0 Å². The fourth-order valence-corrected chi connectivity index (χ4v) is 40.5. The lowest BCUT2D eigenvalue weighted by molar-refractivity contribution is -0.136. The van der Waals surface area contributed by atoms with Crippen LogP contribution < -0.4 is 0 Å². The Labute approximate surface area is 781 Å². The van der Waals surface area contributed by atoms with Crippen LogP contribution in [0.4, 0.5) is 0 Å². The van der Waals surface area contributed by atoms with Gasteiger partial charge in [0.05, 0.1) is 56.4 Å². The molecule has 0 radical (unpaired) electrons. The molecule has 0 saturated heterocycles. The number of hydrogen-bond acceptors (Lipinski definition) is 13. The number of carbonyl (C=O) groups excluding carboxylic acids is 7. The van der Waals surface area contributed by atoms with E-state index in [2.05, 4.69) is 54.0 Å². The van der Waals surface area contributed by atoms with Crippen molar-refractivity contribution in [1.29, 1.82) is 0 Å². The molecule has 0 aromatic heterocycles. The van der Waals surface area contributed by atoms with Gasteiger partial charge in [-0.05, 0) is 518 Å². The van der Waals surface area contributed by atoms with E-state index in [1.807, 2.05) is 34.6 Å². The van der Waals surface area contributed by atoms with Gasteiger partial charge in [0.15, 0.2) is 5.78 Å². The Morgan fingerprint density at radius 3 is 0.791 bits per heavy atom. The van der Waals surface area contributed by atoms with Gasteiger partial charge >= 0.3 is 0 Å². The number of carbonyl (C=O) groups is 7. The van der Waals surface area contributed by atoms with Crippen LogP contribution in [0, 0.1) is 205 Å². The summed E-state index contributed by atoms with van der Waals surface area (Å²) in [5, 5.41) is 52.8. The van der Waals surface area contributed by atoms with Crippen LogP contribution in [0.2, 0.25) is 0 Å². The van der Waals surface area contributed by atoms with Crippen molar-refractivity contribution in [3.63, 3.8) is 0 Å². The van der Waals surface area contributed by atoms with Crippen LogP contribution in [0.15, 0.2) is 12.7 Å². The fourth-order valence-electron chi connectivity index (χ4n) is 39.8. The monoisotopic (exact) mass is 1810 g/mol. The van der Waals surface area contributed by atoms with Crippen molar-refractivity contribution in [2.45, 2.75) is 439 Å². The molecule has 20 rings (SSSR count). The molecule has 20 aliphatic carbocycles. The van der Waals surface area contributed by atoms with E-state index in [1.165, 1.54) is 161 Å². The molecule has 0 aromatic rings. The van der Waals surface area contributed by atoms with Crippen molar-refractivity contribution >= 4 is 56.2 Å². The molecular formula is C114H182O14S. The fraction of sp³-hybridized carbons (Fsp3) is 0.912. The van der Waals surface area contributed by atoms with Crippen molar-refractivity contribution in [3.05, 3.63) is 12.7 Å². The van der Waals surface area contributed by atoms with Gasteiger partial charge in [-0.1, -0.05) is 54.5 Å². The van der Waals surface area contributed by atoms with Gasteiger partial charge in [-0.25, -0.2) is 4.21 Å². The lowest BCUT2D eigenvalue weighted by atomic mass is 9.48. The summed E-state index contributed by atoms with van der Waals surface area (Å²) in [6, 6.07) is 0. The molecule has 6 N–H and O–H groups in total. The Morgan fingerprint density at radius 1 is 0.302 bits per heavy atom. The molecule has 14 nitrogen and oxygen atoms in total. The van der Waals surface area contributed by atoms with Crippen molar-refractivity contribution in [2.75, 3.05) is 5.75 Å². The zero-order chi connectivity index (χ0) is 92.6. The number of rotatable bonds is 15. The zero-order valence-corrected chi connectivity index (χ0v) is 84.0. The van der Waals surface area contributed by atoms with Gasteiger partial charge in [0.25, 0.3) is 0 Å². The van der Waals surface area contributed by atoms with Gasteiger partial charge in [0, 0.05) is 42.4 Å². The third-order valence-corrected chi connectivity index (χ3v) is 46.3. The van der Waals surface area contributed by atoms with Gasteiger partial charge in [0.1, 0.15) is 34.7 Å². The number of allylic oxidation sites excluding steroid dienone is 1. The first-order valence-corrected chi connectivity index (χ1v) is 56.5. The molecule has 20 fully saturated rings. The smallest absolute Gasteiger partial charge is 0.150 e. The molecule has 20 aliphatic rings. The summed E-state index contributed by atoms with van der Waals surface area (Å²) >= 11 is 0. The maximum absolute atomic E-state index is 12.8. The molecule has 0 amide bonds. The first kappa shape index (κ1) is 99.2. The highest BCUT2D eigenvalue weighted by Gasteiger charge is 2.66. The lowest BCUT2D eigenvalue weighted by Gasteiger charge is -2.57. The highest BCUT2D eigenvalue weighted by Crippen LogP contribution is 2.72. The predicted octanol–water partition coefficient (Wildman–Crippen LogP) is 23.4. The second-order valence-electron chi connectivity index (χ2n) is 52.7. The summed E-state index contributed by atoms with van der Waals surface area (Å²) in [6.45, 7) is 31.1. The Balaban J connectivity index is 0.000000118. The Bertz CT molecular complexity index is 4090. The quantitative estimate of drug-likeness (QED) is 0.0506. The van der Waals surface area contributed by atoms with Crippen molar-refractivity contribution in [3.8, 4) is 0 Å². The molecule has 15 heteroatoms. The van der Waals surface area contributed by atoms with Crippen LogP contribution >= 0.6 is 0 Å². The number of hydrogen-bond donors (Lipinski definition) is 6. The van der Waals surface area contributed by atoms with Crippen molar-refractivity contribution in [2.24, 2.45) is 205 Å². The van der Waals surface area contributed by atoms with Crippen LogP contribution in [-0.4, -0.2) is 114 Å². The molecule has 0 heterocycles. The summed E-state index contributed by atoms with van der Waals surface area (Å²) in [5.74, 6) is 24.3. The van der Waals surface area contributed by atoms with Crippen LogP contribution in [0.25, 0.3) is 0 Å². The molecule has 0 bridgehead atoms. The average Bonchev–Trinajstić information content (AvgIpc) is 1.66. The van der Waals surface area contributed by atoms with Crippen LogP contribution in [0.3, 0.4) is 0 Å². The summed E-state index contributed by atoms with van der Waals surface area (Å²) in [5.41, 5.74) is -1.39. The first-order valence-electron chi connectivity index (χ1n) is 54.6. The average molecular weight is 1810 g/mol. The van der Waals surface area contributed by atoms with Gasteiger partial charge in [-0.15, -0.1) is 6.58 Å². The Morgan fingerprint density at radius 2 is 0.543 bits per heavy atom. The highest BCUT2D eigenvalue weighted by molar-refractivity contribution is 7.95. The number of Topliss-reactive ketones (excluding diaryl/α,β-unsaturated/α-hetero) is 7. The van der Waals surface area contributed by atoms with Crippen molar-refractivity contribution in [1.82, 2.24) is 0 Å². The van der Waals surface area contributed by atoms with Gasteiger partial charge < -0.3 is 30.1 Å². The molecule has 0 aliphatic heterocycles. The highest BCUT2D eigenvalue weighted by atomic mass is 32.2. The van der Waals surface area contributed by atoms with Crippen LogP contribution in [0.1, 0.15) is 411 Å². The minimum Gasteiger partial charge on any atom is -0.390 e. The largest absolute Gasteiger partial charge is 0.390 e. The summed E-state index contributed by atoms with van der Waals surface area (Å²) in [6.07, 6.45) is 56.4. The minimum absolute atomic E-state index is 0.00403. The van der Waals surface area contributed by atoms with E-state index in [1.54, 1.807) is 19.9 Å². The standard InChI is InChI=1S/2C23H36O3.C23H36O2.C23H38O2.C22H36O4S/c2*1-14(24)12-21(25)20-7-6-19-18-5-4-15-13-22(2,26)10-8-16(15)17(18)9-11-23(19,20)3;1-4-5-21(24)20-9-8-19-18-7-6-15-14-22(2,25)12-10-16(15)17(18)11-13-23(19,20)3;1-4-21(24)20-9-8-19-18-7-6-15-14-23(25,5-2)13-11-16(15)17(18)10-12-22(19,20)3;1-21(24)10-8-15-14(12-21)4-5-17-16(15)9-11-22(2)18(17)6-7-19(22)20(23)13-27(3,25)26/h2*15-20,26H,4-13H2,1-3H3;4,15-20,25H,1,5-14H2,2-3H3;15-20,25H,4-14H2,1-3H3;14-19,24H,3-13H2,1-2H3,(H,25,26)/t3*15-,16+,17-,18-,19+,20-,22-,23+;15-,16+,17-,18-,19+,20-,22+,23-;14-,15+,16-,17-,18+,19-,21-,22+/m11111/s1. The Kier molecular flexibility index (Phi) is 29.0. The Hall–Kier alpha value is -2.79. The van der Waals surface area contributed by atoms with E-state index < -0.39 is 32.2 Å². The molecule has 41 atom stereocenters. The van der Waals surface area contributed by atoms with E-state index in [9.17, 15) is 67.9 Å². The van der Waals surface area contributed by atoms with Crippen LogP contribution in [0.5, 0.6) is 0 Å². The lowest BCUT2D eigenvalue weighted by Crippen LogP contribution is -2.51. The van der Waals surface area contributed by atoms with E-state index in [0.717, 1.165) is 248 Å². The zero-order valence-electron chi connectivity index (χ0n) is 83.2. The van der Waals surface area contributed by atoms with E-state index in [0.29, 0.717) is 70.7 Å². The number of aliphatic hydroxyl groups is 5. The molecule has 0 spiro atoms.